The lowest BCUT2D eigenvalue weighted by molar-refractivity contribution is 0.0547. The van der Waals surface area contributed by atoms with Gasteiger partial charge in [-0.25, -0.2) is 9.97 Å². The zero-order valence-electron chi connectivity index (χ0n) is 19.7. The third kappa shape index (κ3) is 4.25. The van der Waals surface area contributed by atoms with Crippen molar-refractivity contribution in [2.45, 2.75) is 25.6 Å². The number of hydrogen-bond acceptors (Lipinski definition) is 6. The number of ether oxygens (including phenoxy) is 3. The molecule has 0 fully saturated rings. The molecular formula is C29H26N4O3. The number of para-hydroxylation sites is 2. The predicted octanol–water partition coefficient (Wildman–Crippen LogP) is 6.23. The molecule has 6 rings (SSSR count). The second-order valence-electron chi connectivity index (χ2n) is 8.66. The molecular weight excluding hydrogens is 452 g/mol. The molecule has 0 radical (unpaired) electrons. The van der Waals surface area contributed by atoms with E-state index in [0.717, 1.165) is 58.1 Å². The van der Waals surface area contributed by atoms with E-state index in [1.165, 1.54) is 6.33 Å². The number of nitrogen functional groups attached to an aromatic ring is 1. The first-order valence-corrected chi connectivity index (χ1v) is 12.0. The summed E-state index contributed by atoms with van der Waals surface area (Å²) in [6.07, 6.45) is 3.13. The third-order valence-electron chi connectivity index (χ3n) is 6.35. The highest BCUT2D eigenvalue weighted by Crippen LogP contribution is 2.43. The molecule has 7 heteroatoms. The molecule has 0 aliphatic carbocycles. The van der Waals surface area contributed by atoms with E-state index < -0.39 is 0 Å². The number of aromatic nitrogens is 3. The summed E-state index contributed by atoms with van der Waals surface area (Å²) in [6.45, 7) is 1.11. The van der Waals surface area contributed by atoms with Crippen molar-refractivity contribution < 1.29 is 14.2 Å². The Morgan fingerprint density at radius 1 is 0.861 bits per heavy atom. The number of fused-ring (bicyclic) bond motifs is 3. The zero-order valence-corrected chi connectivity index (χ0v) is 19.7. The summed E-state index contributed by atoms with van der Waals surface area (Å²) in [6, 6.07) is 27.5. The maximum Gasteiger partial charge on any atom is 0.151 e. The smallest absolute Gasteiger partial charge is 0.151 e. The fourth-order valence-corrected chi connectivity index (χ4v) is 4.72. The SMILES string of the molecule is Nc1ncnc2c3c(n(-c4ccc(Oc5ccccc5)cc4)c12)COC3CCCOc1ccccc1. The van der Waals surface area contributed by atoms with E-state index in [0.29, 0.717) is 19.0 Å². The molecule has 0 amide bonds. The molecule has 0 saturated heterocycles. The minimum Gasteiger partial charge on any atom is -0.494 e. The van der Waals surface area contributed by atoms with Crippen molar-refractivity contribution in [2.75, 3.05) is 12.3 Å². The van der Waals surface area contributed by atoms with Crippen LogP contribution >= 0.6 is 0 Å². The van der Waals surface area contributed by atoms with Gasteiger partial charge in [0.2, 0.25) is 0 Å². The fourth-order valence-electron chi connectivity index (χ4n) is 4.72. The van der Waals surface area contributed by atoms with Gasteiger partial charge in [0, 0.05) is 11.3 Å². The second-order valence-corrected chi connectivity index (χ2v) is 8.66. The Hall–Kier alpha value is -4.36. The standard InChI is InChI=1S/C29H26N4O3/c30-29-28-27(31-19-32-29)26-24(18-35-25(26)12-7-17-34-21-8-3-1-4-9-21)33(28)20-13-15-23(16-14-20)36-22-10-5-2-6-11-22/h1-6,8-11,13-16,19,25H,7,12,17-18H2,(H2,30,31,32). The van der Waals surface area contributed by atoms with Gasteiger partial charge in [-0.15, -0.1) is 0 Å². The summed E-state index contributed by atoms with van der Waals surface area (Å²) in [7, 11) is 0. The molecule has 2 N–H and O–H groups in total. The lowest BCUT2D eigenvalue weighted by Crippen LogP contribution is -2.04. The van der Waals surface area contributed by atoms with E-state index in [1.54, 1.807) is 0 Å². The van der Waals surface area contributed by atoms with Crippen LogP contribution in [0.5, 0.6) is 17.2 Å². The Kier molecular flexibility index (Phi) is 5.97. The minimum absolute atomic E-state index is 0.0712. The van der Waals surface area contributed by atoms with Gasteiger partial charge >= 0.3 is 0 Å². The van der Waals surface area contributed by atoms with Gasteiger partial charge in [-0.05, 0) is 61.4 Å². The third-order valence-corrected chi connectivity index (χ3v) is 6.35. The number of nitrogens with two attached hydrogens (primary N) is 1. The van der Waals surface area contributed by atoms with E-state index in [-0.39, 0.29) is 6.10 Å². The normalized spacial score (nSPS) is 14.6. The van der Waals surface area contributed by atoms with Crippen LogP contribution in [0.3, 0.4) is 0 Å². The molecule has 0 bridgehead atoms. The lowest BCUT2D eigenvalue weighted by atomic mass is 10.1. The van der Waals surface area contributed by atoms with Gasteiger partial charge in [0.15, 0.2) is 5.82 Å². The number of nitrogens with zero attached hydrogens (tertiary/aromatic N) is 3. The molecule has 1 aliphatic heterocycles. The van der Waals surface area contributed by atoms with E-state index in [2.05, 4.69) is 14.5 Å². The molecule has 7 nitrogen and oxygen atoms in total. The summed E-state index contributed by atoms with van der Waals surface area (Å²) < 4.78 is 20.2. The molecule has 0 saturated carbocycles. The van der Waals surface area contributed by atoms with Gasteiger partial charge in [-0.2, -0.15) is 0 Å². The predicted molar refractivity (Wildman–Crippen MR) is 138 cm³/mol. The van der Waals surface area contributed by atoms with E-state index >= 15 is 0 Å². The lowest BCUT2D eigenvalue weighted by Gasteiger charge is -2.13. The molecule has 0 spiro atoms. The van der Waals surface area contributed by atoms with Crippen LogP contribution in [0.15, 0.2) is 91.3 Å². The molecule has 5 aromatic rings. The Morgan fingerprint density at radius 2 is 1.56 bits per heavy atom. The summed E-state index contributed by atoms with van der Waals surface area (Å²) >= 11 is 0. The fraction of sp³-hybridized carbons (Fsp3) is 0.172. The van der Waals surface area contributed by atoms with Crippen molar-refractivity contribution in [2.24, 2.45) is 0 Å². The quantitative estimate of drug-likeness (QED) is 0.266. The van der Waals surface area contributed by atoms with Crippen LogP contribution in [0, 0.1) is 0 Å². The van der Waals surface area contributed by atoms with Gasteiger partial charge in [0.1, 0.15) is 34.6 Å². The molecule has 1 aliphatic rings. The molecule has 1 unspecified atom stereocenters. The average molecular weight is 479 g/mol. The molecule has 3 aromatic carbocycles. The van der Waals surface area contributed by atoms with Crippen LogP contribution in [0.4, 0.5) is 5.82 Å². The minimum atomic E-state index is -0.0712. The zero-order chi connectivity index (χ0) is 24.3. The van der Waals surface area contributed by atoms with Crippen LogP contribution < -0.4 is 15.2 Å². The molecule has 3 heterocycles. The topological polar surface area (TPSA) is 84.4 Å². The van der Waals surface area contributed by atoms with Crippen LogP contribution in [0.1, 0.15) is 30.2 Å². The van der Waals surface area contributed by atoms with E-state index in [4.69, 9.17) is 19.9 Å². The van der Waals surface area contributed by atoms with Crippen LogP contribution in [-0.4, -0.2) is 21.1 Å². The van der Waals surface area contributed by atoms with Gasteiger partial charge in [0.25, 0.3) is 0 Å². The molecule has 2 aromatic heterocycles. The summed E-state index contributed by atoms with van der Waals surface area (Å²) in [5, 5.41) is 0. The summed E-state index contributed by atoms with van der Waals surface area (Å²) in [4.78, 5) is 8.89. The van der Waals surface area contributed by atoms with Crippen molar-refractivity contribution >= 4 is 16.9 Å². The Morgan fingerprint density at radius 3 is 2.31 bits per heavy atom. The van der Waals surface area contributed by atoms with Crippen molar-refractivity contribution in [3.8, 4) is 22.9 Å². The molecule has 180 valence electrons. The number of rotatable bonds is 8. The van der Waals surface area contributed by atoms with Gasteiger partial charge in [-0.3, -0.25) is 0 Å². The van der Waals surface area contributed by atoms with E-state index in [9.17, 15) is 0 Å². The first kappa shape index (κ1) is 22.1. The highest BCUT2D eigenvalue weighted by atomic mass is 16.5. The Labute approximate surface area is 209 Å². The monoisotopic (exact) mass is 478 g/mol. The largest absolute Gasteiger partial charge is 0.494 e. The van der Waals surface area contributed by atoms with Crippen molar-refractivity contribution in [1.29, 1.82) is 0 Å². The number of anilines is 1. The summed E-state index contributed by atoms with van der Waals surface area (Å²) in [5.74, 6) is 2.88. The Bertz CT molecular complexity index is 1470. The van der Waals surface area contributed by atoms with Crippen molar-refractivity contribution in [1.82, 2.24) is 14.5 Å². The molecule has 1 atom stereocenters. The Balaban J connectivity index is 1.26. The van der Waals surface area contributed by atoms with Crippen LogP contribution in [-0.2, 0) is 11.3 Å². The summed E-state index contributed by atoms with van der Waals surface area (Å²) in [5.41, 5.74) is 11.1. The van der Waals surface area contributed by atoms with Gasteiger partial charge in [0.05, 0.1) is 25.0 Å². The van der Waals surface area contributed by atoms with Gasteiger partial charge < -0.3 is 24.5 Å². The van der Waals surface area contributed by atoms with Crippen molar-refractivity contribution in [3.05, 3.63) is 103 Å². The first-order valence-electron chi connectivity index (χ1n) is 12.0. The van der Waals surface area contributed by atoms with Crippen LogP contribution in [0.25, 0.3) is 16.7 Å². The van der Waals surface area contributed by atoms with Crippen LogP contribution in [0.2, 0.25) is 0 Å². The number of hydrogen-bond donors (Lipinski definition) is 1. The maximum absolute atomic E-state index is 6.36. The average Bonchev–Trinajstić information content (AvgIpc) is 3.48. The highest BCUT2D eigenvalue weighted by Gasteiger charge is 2.32. The van der Waals surface area contributed by atoms with Crippen molar-refractivity contribution in [3.63, 3.8) is 0 Å². The maximum atomic E-state index is 6.36. The van der Waals surface area contributed by atoms with E-state index in [1.807, 2.05) is 84.9 Å². The number of benzene rings is 3. The van der Waals surface area contributed by atoms with Gasteiger partial charge in [-0.1, -0.05) is 36.4 Å². The molecule has 36 heavy (non-hydrogen) atoms. The first-order chi connectivity index (χ1) is 17.8. The second kappa shape index (κ2) is 9.71. The highest BCUT2D eigenvalue weighted by molar-refractivity contribution is 5.91.